The summed E-state index contributed by atoms with van der Waals surface area (Å²) >= 11 is 3.28. The van der Waals surface area contributed by atoms with Gasteiger partial charge in [0.1, 0.15) is 0 Å². The summed E-state index contributed by atoms with van der Waals surface area (Å²) in [5, 5.41) is 16.6. The van der Waals surface area contributed by atoms with Crippen LogP contribution < -0.4 is 0 Å². The number of carboxylic acids is 1. The number of aliphatic carboxylic acids is 1. The Morgan fingerprint density at radius 3 is 2.71 bits per heavy atom. The zero-order chi connectivity index (χ0) is 10.3. The minimum absolute atomic E-state index is 0.0573. The Labute approximate surface area is 89.2 Å². The summed E-state index contributed by atoms with van der Waals surface area (Å²) in [7, 11) is 1.78. The summed E-state index contributed by atoms with van der Waals surface area (Å²) in [6.07, 6.45) is 1.65. The quantitative estimate of drug-likeness (QED) is 0.866. The van der Waals surface area contributed by atoms with Crippen LogP contribution in [0.4, 0.5) is 0 Å². The van der Waals surface area contributed by atoms with Crippen molar-refractivity contribution in [1.82, 2.24) is 15.0 Å². The molecule has 1 aromatic rings. The predicted molar refractivity (Wildman–Crippen MR) is 51.8 cm³/mol. The topological polar surface area (TPSA) is 68.0 Å². The average Bonchev–Trinajstić information content (AvgIpc) is 2.33. The minimum Gasteiger partial charge on any atom is -0.481 e. The monoisotopic (exact) mass is 259 g/mol. The number of aromatic nitrogens is 3. The molecule has 6 heteroatoms. The third-order valence-electron chi connectivity index (χ3n) is 2.77. The second kappa shape index (κ2) is 3.34. The van der Waals surface area contributed by atoms with Gasteiger partial charge in [0.25, 0.3) is 0 Å². The number of carbonyl (C=O) groups is 1. The van der Waals surface area contributed by atoms with Gasteiger partial charge in [-0.3, -0.25) is 9.48 Å². The lowest BCUT2D eigenvalue weighted by Crippen LogP contribution is -2.32. The highest BCUT2D eigenvalue weighted by molar-refractivity contribution is 9.10. The maximum atomic E-state index is 10.8. The molecular weight excluding hydrogens is 250 g/mol. The molecule has 14 heavy (non-hydrogen) atoms. The van der Waals surface area contributed by atoms with E-state index in [1.54, 1.807) is 11.7 Å². The maximum absolute atomic E-state index is 10.8. The first-order valence-corrected chi connectivity index (χ1v) is 5.18. The summed E-state index contributed by atoms with van der Waals surface area (Å²) in [4.78, 5) is 10.8. The van der Waals surface area contributed by atoms with Crippen molar-refractivity contribution < 1.29 is 9.90 Å². The first-order valence-electron chi connectivity index (χ1n) is 4.39. The highest BCUT2D eigenvalue weighted by Gasteiger charge is 2.40. The van der Waals surface area contributed by atoms with E-state index in [9.17, 15) is 4.79 Å². The van der Waals surface area contributed by atoms with Crippen LogP contribution in [0.25, 0.3) is 0 Å². The summed E-state index contributed by atoms with van der Waals surface area (Å²) in [5.74, 6) is -0.945. The molecule has 0 aliphatic heterocycles. The number of rotatable bonds is 2. The zero-order valence-corrected chi connectivity index (χ0v) is 9.23. The summed E-state index contributed by atoms with van der Waals surface area (Å²) in [5.41, 5.74) is 0.892. The van der Waals surface area contributed by atoms with Crippen molar-refractivity contribution in [2.75, 3.05) is 0 Å². The van der Waals surface area contributed by atoms with Gasteiger partial charge in [0, 0.05) is 13.0 Å². The average molecular weight is 260 g/mol. The molecule has 0 radical (unpaired) electrons. The van der Waals surface area contributed by atoms with Crippen LogP contribution in [0.1, 0.15) is 24.5 Å². The normalized spacial score (nSPS) is 25.9. The largest absolute Gasteiger partial charge is 0.481 e. The molecule has 0 saturated heterocycles. The van der Waals surface area contributed by atoms with Crippen LogP contribution in [-0.2, 0) is 11.8 Å². The smallest absolute Gasteiger partial charge is 0.307 e. The van der Waals surface area contributed by atoms with Crippen molar-refractivity contribution in [3.05, 3.63) is 10.3 Å². The van der Waals surface area contributed by atoms with Crippen molar-refractivity contribution in [1.29, 1.82) is 0 Å². The molecule has 5 nitrogen and oxygen atoms in total. The Kier molecular flexibility index (Phi) is 2.30. The Balaban J connectivity index is 2.28. The molecule has 76 valence electrons. The Hall–Kier alpha value is -0.910. The molecule has 1 N–H and O–H groups in total. The summed E-state index contributed by atoms with van der Waals surface area (Å²) in [6, 6.07) is 0. The van der Waals surface area contributed by atoms with Gasteiger partial charge in [0.05, 0.1) is 11.6 Å². The lowest BCUT2D eigenvalue weighted by molar-refractivity contribution is -0.145. The molecule has 1 saturated carbocycles. The van der Waals surface area contributed by atoms with E-state index in [1.165, 1.54) is 0 Å². The number of carboxylic acid groups (broad SMARTS) is 1. The summed E-state index contributed by atoms with van der Waals surface area (Å²) in [6.45, 7) is 0. The van der Waals surface area contributed by atoms with E-state index in [1.807, 2.05) is 0 Å². The molecule has 1 aliphatic rings. The fourth-order valence-electron chi connectivity index (χ4n) is 1.86. The first-order chi connectivity index (χ1) is 6.61. The Morgan fingerprint density at radius 1 is 1.64 bits per heavy atom. The van der Waals surface area contributed by atoms with Gasteiger partial charge < -0.3 is 5.11 Å². The molecule has 1 heterocycles. The van der Waals surface area contributed by atoms with Gasteiger partial charge in [-0.1, -0.05) is 5.21 Å². The van der Waals surface area contributed by atoms with Crippen molar-refractivity contribution >= 4 is 21.9 Å². The van der Waals surface area contributed by atoms with Crippen LogP contribution in [0.2, 0.25) is 0 Å². The van der Waals surface area contributed by atoms with Crippen molar-refractivity contribution in [3.8, 4) is 0 Å². The molecule has 0 spiro atoms. The molecule has 0 amide bonds. The van der Waals surface area contributed by atoms with E-state index in [4.69, 9.17) is 5.11 Å². The molecule has 1 aromatic heterocycles. The molecule has 0 aromatic carbocycles. The van der Waals surface area contributed by atoms with Crippen LogP contribution in [0.15, 0.2) is 4.60 Å². The number of hydrogen-bond donors (Lipinski definition) is 1. The van der Waals surface area contributed by atoms with E-state index in [0.717, 1.165) is 18.5 Å². The van der Waals surface area contributed by atoms with E-state index >= 15 is 0 Å². The predicted octanol–water partition coefficient (Wildman–Crippen LogP) is 1.16. The van der Waals surface area contributed by atoms with Crippen molar-refractivity contribution in [3.63, 3.8) is 0 Å². The second-order valence-electron chi connectivity index (χ2n) is 3.52. The third-order valence-corrected chi connectivity index (χ3v) is 3.33. The van der Waals surface area contributed by atoms with Gasteiger partial charge in [-0.15, -0.1) is 5.10 Å². The first kappa shape index (κ1) is 9.64. The second-order valence-corrected chi connectivity index (χ2v) is 4.27. The van der Waals surface area contributed by atoms with Gasteiger partial charge in [0.2, 0.25) is 0 Å². The zero-order valence-electron chi connectivity index (χ0n) is 7.64. The molecular formula is C8H10BrN3O2. The SMILES string of the molecule is Cn1nnc(Br)c1C1CCC1C(=O)O. The number of hydrogen-bond acceptors (Lipinski definition) is 3. The Morgan fingerprint density at radius 2 is 2.36 bits per heavy atom. The third kappa shape index (κ3) is 1.33. The lowest BCUT2D eigenvalue weighted by atomic mass is 9.72. The van der Waals surface area contributed by atoms with Gasteiger partial charge in [0.15, 0.2) is 4.60 Å². The van der Waals surface area contributed by atoms with Crippen molar-refractivity contribution in [2.24, 2.45) is 13.0 Å². The van der Waals surface area contributed by atoms with E-state index in [2.05, 4.69) is 26.2 Å². The standard InChI is InChI=1S/C8H10BrN3O2/c1-12-6(7(9)10-11-12)4-2-3-5(4)8(13)14/h4-5H,2-3H2,1H3,(H,13,14). The number of nitrogens with zero attached hydrogens (tertiary/aromatic N) is 3. The molecule has 2 rings (SSSR count). The van der Waals surface area contributed by atoms with Gasteiger partial charge >= 0.3 is 5.97 Å². The Bertz CT molecular complexity index is 357. The van der Waals surface area contributed by atoms with Crippen LogP contribution >= 0.6 is 15.9 Å². The fraction of sp³-hybridized carbons (Fsp3) is 0.625. The van der Waals surface area contributed by atoms with Gasteiger partial charge in [-0.25, -0.2) is 0 Å². The van der Waals surface area contributed by atoms with Crippen LogP contribution in [0, 0.1) is 5.92 Å². The fourth-order valence-corrected chi connectivity index (χ4v) is 2.48. The van der Waals surface area contributed by atoms with Crippen LogP contribution in [0.5, 0.6) is 0 Å². The highest BCUT2D eigenvalue weighted by atomic mass is 79.9. The van der Waals surface area contributed by atoms with E-state index < -0.39 is 5.97 Å². The van der Waals surface area contributed by atoms with Crippen LogP contribution in [0.3, 0.4) is 0 Å². The van der Waals surface area contributed by atoms with Gasteiger partial charge in [-0.2, -0.15) is 0 Å². The molecule has 0 bridgehead atoms. The minimum atomic E-state index is -0.727. The summed E-state index contributed by atoms with van der Waals surface area (Å²) < 4.78 is 2.31. The molecule has 1 fully saturated rings. The van der Waals surface area contributed by atoms with E-state index in [-0.39, 0.29) is 11.8 Å². The lowest BCUT2D eigenvalue weighted by Gasteiger charge is -2.33. The maximum Gasteiger partial charge on any atom is 0.307 e. The highest BCUT2D eigenvalue weighted by Crippen LogP contribution is 2.44. The number of halogens is 1. The number of aryl methyl sites for hydroxylation is 1. The van der Waals surface area contributed by atoms with E-state index in [0.29, 0.717) is 4.60 Å². The van der Waals surface area contributed by atoms with Gasteiger partial charge in [-0.05, 0) is 28.8 Å². The molecule has 1 aliphatic carbocycles. The molecule has 2 atom stereocenters. The van der Waals surface area contributed by atoms with Crippen LogP contribution in [-0.4, -0.2) is 26.1 Å². The molecule has 2 unspecified atom stereocenters. The van der Waals surface area contributed by atoms with Crippen molar-refractivity contribution in [2.45, 2.75) is 18.8 Å².